The molecule has 0 radical (unpaired) electrons. The Bertz CT molecular complexity index is 517. The maximum atomic E-state index is 10.7. The van der Waals surface area contributed by atoms with Crippen molar-refractivity contribution in [3.05, 3.63) is 71.8 Å². The number of aliphatic hydroxyl groups excluding tert-OH is 1. The molecule has 1 aliphatic heterocycles. The molecule has 2 aromatic carbocycles. The highest BCUT2D eigenvalue weighted by Gasteiger charge is 2.40. The molecule has 0 aliphatic carbocycles. The van der Waals surface area contributed by atoms with E-state index in [1.807, 2.05) is 12.1 Å². The summed E-state index contributed by atoms with van der Waals surface area (Å²) in [5, 5.41) is 14.4. The van der Waals surface area contributed by atoms with Gasteiger partial charge in [0.1, 0.15) is 0 Å². The highest BCUT2D eigenvalue weighted by molar-refractivity contribution is 5.26. The van der Waals surface area contributed by atoms with Crippen LogP contribution in [0.1, 0.15) is 37.1 Å². The first-order valence-electron chi connectivity index (χ1n) is 7.72. The largest absolute Gasteiger partial charge is 0.392 e. The Hall–Kier alpha value is -1.64. The van der Waals surface area contributed by atoms with Gasteiger partial charge in [-0.2, -0.15) is 0 Å². The van der Waals surface area contributed by atoms with Crippen molar-refractivity contribution in [2.75, 3.05) is 0 Å². The maximum absolute atomic E-state index is 10.7. The smallest absolute Gasteiger partial charge is 0.0627 e. The summed E-state index contributed by atoms with van der Waals surface area (Å²) in [5.41, 5.74) is 2.49. The second-order valence-electron chi connectivity index (χ2n) is 6.15. The molecule has 2 heteroatoms. The van der Waals surface area contributed by atoms with Crippen molar-refractivity contribution in [1.29, 1.82) is 0 Å². The van der Waals surface area contributed by atoms with Crippen LogP contribution in [0.25, 0.3) is 0 Å². The second kappa shape index (κ2) is 6.00. The summed E-state index contributed by atoms with van der Waals surface area (Å²) in [7, 11) is 0. The van der Waals surface area contributed by atoms with E-state index < -0.39 is 0 Å². The summed E-state index contributed by atoms with van der Waals surface area (Å²) in [6.07, 6.45) is -0.304. The SMILES string of the molecule is C[C@H]1C(O)[C@H](C)[C@H](c2ccccc2)N[C@H]1c1ccccc1. The Labute approximate surface area is 126 Å². The first-order valence-corrected chi connectivity index (χ1v) is 7.72. The van der Waals surface area contributed by atoms with Gasteiger partial charge >= 0.3 is 0 Å². The third-order valence-electron chi connectivity index (χ3n) is 4.81. The van der Waals surface area contributed by atoms with E-state index in [1.54, 1.807) is 0 Å². The van der Waals surface area contributed by atoms with Crippen LogP contribution in [0.5, 0.6) is 0 Å². The predicted molar refractivity (Wildman–Crippen MR) is 85.8 cm³/mol. The van der Waals surface area contributed by atoms with E-state index >= 15 is 0 Å². The van der Waals surface area contributed by atoms with Gasteiger partial charge in [0.15, 0.2) is 0 Å². The van der Waals surface area contributed by atoms with Crippen LogP contribution in [0, 0.1) is 11.8 Å². The summed E-state index contributed by atoms with van der Waals surface area (Å²) in [6.45, 7) is 4.26. The molecule has 4 atom stereocenters. The van der Waals surface area contributed by atoms with Crippen molar-refractivity contribution in [3.63, 3.8) is 0 Å². The summed E-state index contributed by atoms with van der Waals surface area (Å²) in [5.74, 6) is 0.393. The molecule has 0 aromatic heterocycles. The zero-order chi connectivity index (χ0) is 14.8. The molecule has 1 aliphatic rings. The number of nitrogens with one attached hydrogen (secondary N) is 1. The minimum atomic E-state index is -0.304. The van der Waals surface area contributed by atoms with E-state index in [1.165, 1.54) is 11.1 Å². The number of hydrogen-bond donors (Lipinski definition) is 2. The van der Waals surface area contributed by atoms with E-state index in [0.717, 1.165) is 0 Å². The number of hydrogen-bond acceptors (Lipinski definition) is 2. The molecule has 110 valence electrons. The zero-order valence-corrected chi connectivity index (χ0v) is 12.6. The predicted octanol–water partition coefficient (Wildman–Crippen LogP) is 3.71. The fourth-order valence-electron chi connectivity index (χ4n) is 3.49. The Morgan fingerprint density at radius 2 is 1.10 bits per heavy atom. The molecule has 1 heterocycles. The van der Waals surface area contributed by atoms with E-state index in [2.05, 4.69) is 67.7 Å². The first kappa shape index (κ1) is 14.3. The molecule has 0 spiro atoms. The van der Waals surface area contributed by atoms with Gasteiger partial charge in [-0.15, -0.1) is 0 Å². The van der Waals surface area contributed by atoms with Crippen molar-refractivity contribution in [1.82, 2.24) is 5.32 Å². The van der Waals surface area contributed by atoms with Crippen LogP contribution in [0.4, 0.5) is 0 Å². The van der Waals surface area contributed by atoms with Gasteiger partial charge in [0.05, 0.1) is 6.10 Å². The van der Waals surface area contributed by atoms with Crippen LogP contribution < -0.4 is 5.32 Å². The zero-order valence-electron chi connectivity index (χ0n) is 12.6. The average molecular weight is 281 g/mol. The van der Waals surface area contributed by atoms with E-state index in [9.17, 15) is 5.11 Å². The topological polar surface area (TPSA) is 32.3 Å². The van der Waals surface area contributed by atoms with Crippen LogP contribution in [0.2, 0.25) is 0 Å². The molecular formula is C19H23NO. The Morgan fingerprint density at radius 3 is 1.48 bits per heavy atom. The number of rotatable bonds is 2. The monoisotopic (exact) mass is 281 g/mol. The lowest BCUT2D eigenvalue weighted by Gasteiger charge is -2.44. The van der Waals surface area contributed by atoms with Crippen molar-refractivity contribution in [2.24, 2.45) is 11.8 Å². The van der Waals surface area contributed by atoms with Crippen LogP contribution >= 0.6 is 0 Å². The lowest BCUT2D eigenvalue weighted by atomic mass is 9.75. The summed E-state index contributed by atoms with van der Waals surface area (Å²) < 4.78 is 0. The highest BCUT2D eigenvalue weighted by Crippen LogP contribution is 2.40. The second-order valence-corrected chi connectivity index (χ2v) is 6.15. The molecule has 0 bridgehead atoms. The molecule has 1 fully saturated rings. The molecule has 21 heavy (non-hydrogen) atoms. The number of piperidine rings is 1. The van der Waals surface area contributed by atoms with Gasteiger partial charge in [0, 0.05) is 23.9 Å². The van der Waals surface area contributed by atoms with Gasteiger partial charge in [-0.1, -0.05) is 74.5 Å². The van der Waals surface area contributed by atoms with Crippen molar-refractivity contribution < 1.29 is 5.11 Å². The first-order chi connectivity index (χ1) is 10.2. The van der Waals surface area contributed by atoms with Crippen LogP contribution in [0.15, 0.2) is 60.7 Å². The summed E-state index contributed by atoms with van der Waals surface area (Å²) in [6, 6.07) is 21.2. The fourth-order valence-corrected chi connectivity index (χ4v) is 3.49. The third kappa shape index (κ3) is 2.74. The van der Waals surface area contributed by atoms with Gasteiger partial charge in [0.25, 0.3) is 0 Å². The van der Waals surface area contributed by atoms with Crippen molar-refractivity contribution in [2.45, 2.75) is 32.0 Å². The molecular weight excluding hydrogens is 258 g/mol. The van der Waals surface area contributed by atoms with Crippen molar-refractivity contribution in [3.8, 4) is 0 Å². The molecule has 0 amide bonds. The van der Waals surface area contributed by atoms with Crippen molar-refractivity contribution >= 4 is 0 Å². The van der Waals surface area contributed by atoms with Gasteiger partial charge in [0.2, 0.25) is 0 Å². The van der Waals surface area contributed by atoms with Crippen LogP contribution in [-0.2, 0) is 0 Å². The maximum Gasteiger partial charge on any atom is 0.0627 e. The summed E-state index contributed by atoms with van der Waals surface area (Å²) in [4.78, 5) is 0. The molecule has 2 nitrogen and oxygen atoms in total. The van der Waals surface area contributed by atoms with Gasteiger partial charge in [-0.3, -0.25) is 0 Å². The molecule has 1 saturated heterocycles. The minimum absolute atomic E-state index is 0.183. The third-order valence-corrected chi connectivity index (χ3v) is 4.81. The fraction of sp³-hybridized carbons (Fsp3) is 0.368. The molecule has 2 N–H and O–H groups in total. The average Bonchev–Trinajstić information content (AvgIpc) is 2.55. The minimum Gasteiger partial charge on any atom is -0.392 e. The summed E-state index contributed by atoms with van der Waals surface area (Å²) >= 11 is 0. The van der Waals surface area contributed by atoms with Gasteiger partial charge in [-0.05, 0) is 11.1 Å². The molecule has 0 saturated carbocycles. The van der Waals surface area contributed by atoms with Crippen LogP contribution in [-0.4, -0.2) is 11.2 Å². The number of benzene rings is 2. The van der Waals surface area contributed by atoms with Crippen LogP contribution in [0.3, 0.4) is 0 Å². The Morgan fingerprint density at radius 1 is 0.714 bits per heavy atom. The molecule has 0 unspecified atom stereocenters. The quantitative estimate of drug-likeness (QED) is 0.879. The van der Waals surface area contributed by atoms with E-state index in [-0.39, 0.29) is 30.0 Å². The lowest BCUT2D eigenvalue weighted by Crippen LogP contribution is -2.48. The molecule has 2 aromatic rings. The Kier molecular flexibility index (Phi) is 4.09. The normalized spacial score (nSPS) is 32.8. The van der Waals surface area contributed by atoms with E-state index in [4.69, 9.17) is 0 Å². The standard InChI is InChI=1S/C19H23NO/c1-13-17(15-9-5-3-6-10-15)20-18(14(2)19(13)21)16-11-7-4-8-12-16/h3-14,17-21H,1-2H3/t13-,14-,17-,18-/m1/s1. The van der Waals surface area contributed by atoms with E-state index in [0.29, 0.717) is 0 Å². The Balaban J connectivity index is 1.93. The van der Waals surface area contributed by atoms with Gasteiger partial charge < -0.3 is 10.4 Å². The molecule has 3 rings (SSSR count). The van der Waals surface area contributed by atoms with Gasteiger partial charge in [-0.25, -0.2) is 0 Å². The lowest BCUT2D eigenvalue weighted by molar-refractivity contribution is -0.00676. The highest BCUT2D eigenvalue weighted by atomic mass is 16.3. The number of aliphatic hydroxyl groups is 1.